The molecule has 15 heavy (non-hydrogen) atoms. The predicted octanol–water partition coefficient (Wildman–Crippen LogP) is 2.10. The first-order chi connectivity index (χ1) is 7.08. The molecule has 4 heteroatoms. The molecule has 0 amide bonds. The maximum absolute atomic E-state index is 5.66. The molecule has 0 saturated heterocycles. The van der Waals surface area contributed by atoms with Gasteiger partial charge in [0.1, 0.15) is 12.4 Å². The highest BCUT2D eigenvalue weighted by Crippen LogP contribution is 2.11. The maximum Gasteiger partial charge on any atom is 0.138 e. The maximum atomic E-state index is 5.66. The topological polar surface area (TPSA) is 48.1 Å². The molecule has 1 heterocycles. The van der Waals surface area contributed by atoms with Gasteiger partial charge < -0.3 is 10.5 Å². The van der Waals surface area contributed by atoms with Crippen LogP contribution in [-0.4, -0.2) is 17.6 Å². The van der Waals surface area contributed by atoms with Crippen molar-refractivity contribution in [2.75, 3.05) is 6.61 Å². The van der Waals surface area contributed by atoms with Crippen molar-refractivity contribution >= 4 is 11.6 Å². The van der Waals surface area contributed by atoms with Gasteiger partial charge in [0, 0.05) is 23.2 Å². The van der Waals surface area contributed by atoms with Gasteiger partial charge in [-0.05, 0) is 19.1 Å². The van der Waals surface area contributed by atoms with Crippen molar-refractivity contribution in [2.24, 2.45) is 5.73 Å². The van der Waals surface area contributed by atoms with E-state index in [1.807, 2.05) is 19.1 Å². The summed E-state index contributed by atoms with van der Waals surface area (Å²) >= 11 is 5.57. The Balaban J connectivity index is 2.52. The van der Waals surface area contributed by atoms with Crippen LogP contribution in [0.25, 0.3) is 0 Å². The van der Waals surface area contributed by atoms with Crippen molar-refractivity contribution in [3.05, 3.63) is 35.6 Å². The molecule has 0 spiro atoms. The van der Waals surface area contributed by atoms with E-state index in [0.717, 1.165) is 12.1 Å². The van der Waals surface area contributed by atoms with Gasteiger partial charge in [-0.25, -0.2) is 0 Å². The second-order valence-corrected chi connectivity index (χ2v) is 4.01. The lowest BCUT2D eigenvalue weighted by molar-refractivity contribution is 0.357. The minimum absolute atomic E-state index is 0.117. The highest BCUT2D eigenvalue weighted by atomic mass is 35.5. The van der Waals surface area contributed by atoms with Crippen LogP contribution in [0, 0.1) is 0 Å². The molecule has 82 valence electrons. The van der Waals surface area contributed by atoms with E-state index in [-0.39, 0.29) is 6.04 Å². The molecular formula is C11H15ClN2O. The van der Waals surface area contributed by atoms with E-state index in [1.54, 1.807) is 6.20 Å². The molecule has 1 atom stereocenters. The number of pyridine rings is 1. The van der Waals surface area contributed by atoms with Gasteiger partial charge >= 0.3 is 0 Å². The Hall–Kier alpha value is -1.06. The SMILES string of the molecule is C=C(Cl)COc1ccc(CC(C)N)nc1. The lowest BCUT2D eigenvalue weighted by Gasteiger charge is -2.06. The van der Waals surface area contributed by atoms with E-state index in [2.05, 4.69) is 11.6 Å². The van der Waals surface area contributed by atoms with Gasteiger partial charge in [-0.2, -0.15) is 0 Å². The molecule has 0 aliphatic carbocycles. The minimum atomic E-state index is 0.117. The Morgan fingerprint density at radius 2 is 2.40 bits per heavy atom. The molecule has 0 fully saturated rings. The van der Waals surface area contributed by atoms with Gasteiger partial charge in [0.15, 0.2) is 0 Å². The average Bonchev–Trinajstić information content (AvgIpc) is 2.16. The lowest BCUT2D eigenvalue weighted by Crippen LogP contribution is -2.18. The zero-order valence-corrected chi connectivity index (χ0v) is 9.50. The van der Waals surface area contributed by atoms with Gasteiger partial charge in [-0.15, -0.1) is 0 Å². The normalized spacial score (nSPS) is 12.2. The summed E-state index contributed by atoms with van der Waals surface area (Å²) in [5.74, 6) is 0.685. The molecule has 0 aliphatic heterocycles. The molecule has 1 aromatic rings. The van der Waals surface area contributed by atoms with Gasteiger partial charge in [-0.3, -0.25) is 4.98 Å². The van der Waals surface area contributed by atoms with Crippen molar-refractivity contribution in [1.82, 2.24) is 4.98 Å². The quantitative estimate of drug-likeness (QED) is 0.837. The number of nitrogens with zero attached hydrogens (tertiary/aromatic N) is 1. The Morgan fingerprint density at radius 3 is 2.87 bits per heavy atom. The van der Waals surface area contributed by atoms with Crippen molar-refractivity contribution in [3.8, 4) is 5.75 Å². The number of hydrogen-bond acceptors (Lipinski definition) is 3. The summed E-state index contributed by atoms with van der Waals surface area (Å²) < 4.78 is 5.30. The van der Waals surface area contributed by atoms with E-state index >= 15 is 0 Å². The summed E-state index contributed by atoms with van der Waals surface area (Å²) in [4.78, 5) is 4.22. The smallest absolute Gasteiger partial charge is 0.138 e. The van der Waals surface area contributed by atoms with Crippen LogP contribution in [0.1, 0.15) is 12.6 Å². The fraction of sp³-hybridized carbons (Fsp3) is 0.364. The molecule has 0 saturated carbocycles. The lowest BCUT2D eigenvalue weighted by atomic mass is 10.2. The Labute approximate surface area is 94.9 Å². The zero-order valence-electron chi connectivity index (χ0n) is 8.74. The second kappa shape index (κ2) is 5.73. The molecule has 0 aliphatic rings. The van der Waals surface area contributed by atoms with E-state index in [9.17, 15) is 0 Å². The van der Waals surface area contributed by atoms with Crippen molar-refractivity contribution in [2.45, 2.75) is 19.4 Å². The monoisotopic (exact) mass is 226 g/mol. The number of rotatable bonds is 5. The molecule has 0 radical (unpaired) electrons. The summed E-state index contributed by atoms with van der Waals surface area (Å²) in [5, 5.41) is 0.467. The summed E-state index contributed by atoms with van der Waals surface area (Å²) in [6, 6.07) is 3.87. The molecule has 1 unspecified atom stereocenters. The standard InChI is InChI=1S/C11H15ClN2O/c1-8(12)7-15-11-4-3-10(14-6-11)5-9(2)13/h3-4,6,9H,1,5,7,13H2,2H3. The molecule has 2 N–H and O–H groups in total. The first kappa shape index (κ1) is 12.0. The number of halogens is 1. The van der Waals surface area contributed by atoms with Crippen molar-refractivity contribution in [1.29, 1.82) is 0 Å². The van der Waals surface area contributed by atoms with Crippen LogP contribution in [0.3, 0.4) is 0 Å². The Bertz CT molecular complexity index is 322. The van der Waals surface area contributed by atoms with Gasteiger partial charge in [-0.1, -0.05) is 18.2 Å². The zero-order chi connectivity index (χ0) is 11.3. The molecule has 1 rings (SSSR count). The largest absolute Gasteiger partial charge is 0.486 e. The fourth-order valence-corrected chi connectivity index (χ4v) is 1.16. The van der Waals surface area contributed by atoms with Crippen LogP contribution >= 0.6 is 11.6 Å². The summed E-state index contributed by atoms with van der Waals surface area (Å²) in [5.41, 5.74) is 6.62. The number of ether oxygens (including phenoxy) is 1. The predicted molar refractivity (Wildman–Crippen MR) is 62.1 cm³/mol. The van der Waals surface area contributed by atoms with Crippen LogP contribution in [-0.2, 0) is 6.42 Å². The van der Waals surface area contributed by atoms with E-state index in [1.165, 1.54) is 0 Å². The summed E-state index contributed by atoms with van der Waals surface area (Å²) in [6.45, 7) is 5.78. The number of hydrogen-bond donors (Lipinski definition) is 1. The third kappa shape index (κ3) is 4.81. The van der Waals surface area contributed by atoms with Crippen LogP contribution in [0.4, 0.5) is 0 Å². The Kier molecular flexibility index (Phi) is 4.59. The molecule has 1 aromatic heterocycles. The molecule has 3 nitrogen and oxygen atoms in total. The average molecular weight is 227 g/mol. The van der Waals surface area contributed by atoms with Crippen LogP contribution in [0.5, 0.6) is 5.75 Å². The van der Waals surface area contributed by atoms with Crippen molar-refractivity contribution in [3.63, 3.8) is 0 Å². The highest BCUT2D eigenvalue weighted by Gasteiger charge is 2.00. The molecule has 0 aromatic carbocycles. The van der Waals surface area contributed by atoms with Crippen LogP contribution in [0.15, 0.2) is 29.9 Å². The minimum Gasteiger partial charge on any atom is -0.486 e. The van der Waals surface area contributed by atoms with Crippen molar-refractivity contribution < 1.29 is 4.74 Å². The van der Waals surface area contributed by atoms with E-state index in [4.69, 9.17) is 22.1 Å². The van der Waals surface area contributed by atoms with Crippen LogP contribution < -0.4 is 10.5 Å². The van der Waals surface area contributed by atoms with E-state index < -0.39 is 0 Å². The second-order valence-electron chi connectivity index (χ2n) is 3.47. The molecule has 0 bridgehead atoms. The third-order valence-corrected chi connectivity index (χ3v) is 1.83. The third-order valence-electron chi connectivity index (χ3n) is 1.72. The van der Waals surface area contributed by atoms with Gasteiger partial charge in [0.05, 0.1) is 6.20 Å². The number of nitrogens with two attached hydrogens (primary N) is 1. The Morgan fingerprint density at radius 1 is 1.67 bits per heavy atom. The highest BCUT2D eigenvalue weighted by molar-refractivity contribution is 6.29. The van der Waals surface area contributed by atoms with E-state index in [0.29, 0.717) is 17.4 Å². The molecular weight excluding hydrogens is 212 g/mol. The van der Waals surface area contributed by atoms with Crippen LogP contribution in [0.2, 0.25) is 0 Å². The summed E-state index contributed by atoms with van der Waals surface area (Å²) in [6.07, 6.45) is 2.43. The fourth-order valence-electron chi connectivity index (χ4n) is 1.11. The van der Waals surface area contributed by atoms with Gasteiger partial charge in [0.25, 0.3) is 0 Å². The first-order valence-electron chi connectivity index (χ1n) is 4.74. The first-order valence-corrected chi connectivity index (χ1v) is 5.12. The summed E-state index contributed by atoms with van der Waals surface area (Å²) in [7, 11) is 0. The number of aromatic nitrogens is 1. The van der Waals surface area contributed by atoms with Gasteiger partial charge in [0.2, 0.25) is 0 Å².